The molecule has 0 aliphatic carbocycles. The lowest BCUT2D eigenvalue weighted by Crippen LogP contribution is -2.36. The van der Waals surface area contributed by atoms with Crippen LogP contribution in [0.2, 0.25) is 0 Å². The van der Waals surface area contributed by atoms with Crippen molar-refractivity contribution < 1.29 is 22.0 Å². The first-order chi connectivity index (χ1) is 6.31. The first-order valence-electron chi connectivity index (χ1n) is 4.32. The molecule has 7 heteroatoms. The Morgan fingerprint density at radius 1 is 0.800 bits per heavy atom. The highest BCUT2D eigenvalue weighted by atomic mass is 35.5. The third kappa shape index (κ3) is 7.22. The molecule has 15 heavy (non-hydrogen) atoms. The van der Waals surface area contributed by atoms with Crippen molar-refractivity contribution in [2.24, 2.45) is 0 Å². The van der Waals surface area contributed by atoms with Gasteiger partial charge in [-0.25, -0.2) is 0 Å². The van der Waals surface area contributed by atoms with Crippen LogP contribution in [0, 0.1) is 0 Å². The summed E-state index contributed by atoms with van der Waals surface area (Å²) in [6.45, 7) is 0. The Morgan fingerprint density at radius 2 is 1.27 bits per heavy atom. The second kappa shape index (κ2) is 7.54. The Bertz CT molecular complexity index is 160. The topological polar surface area (TPSA) is 0 Å². The highest BCUT2D eigenvalue weighted by molar-refractivity contribution is 7.59. The molecule has 0 aliphatic heterocycles. The summed E-state index contributed by atoms with van der Waals surface area (Å²) in [5.41, 5.74) is 0. The number of alkyl halides is 6. The van der Waals surface area contributed by atoms with E-state index in [0.29, 0.717) is 25.1 Å². The maximum Gasteiger partial charge on any atom is 0.453 e. The second-order valence-electron chi connectivity index (χ2n) is 3.06. The van der Waals surface area contributed by atoms with Crippen LogP contribution in [-0.2, 0) is 0 Å². The number of hydrogen-bond acceptors (Lipinski definition) is 0. The van der Waals surface area contributed by atoms with Crippen LogP contribution in [0.25, 0.3) is 0 Å². The van der Waals surface area contributed by atoms with Crippen molar-refractivity contribution in [1.29, 1.82) is 0 Å². The molecule has 0 N–H and O–H groups in total. The van der Waals surface area contributed by atoms with Gasteiger partial charge in [-0.3, -0.25) is 0 Å². The third-order valence-electron chi connectivity index (χ3n) is 1.79. The molecule has 0 rings (SSSR count). The van der Waals surface area contributed by atoms with Gasteiger partial charge in [0.25, 0.3) is 0 Å². The molecular weight excluding hydrogens is 259 g/mol. The molecule has 0 saturated carbocycles. The first kappa shape index (κ1) is 17.7. The third-order valence-corrected chi connectivity index (χ3v) is 2.06. The van der Waals surface area contributed by atoms with Crippen molar-refractivity contribution in [3.05, 3.63) is 0 Å². The van der Waals surface area contributed by atoms with E-state index >= 15 is 0 Å². The quantitative estimate of drug-likeness (QED) is 0.380. The van der Waals surface area contributed by atoms with Crippen molar-refractivity contribution in [3.63, 3.8) is 0 Å². The number of halogens is 6. The fraction of sp³-hybridized carbons (Fsp3) is 1.00. The molecule has 0 aromatic heterocycles. The molecule has 0 fully saturated rings. The average Bonchev–Trinajstić information content (AvgIpc) is 2.02. The normalized spacial score (nSPS) is 12.4. The largest absolute Gasteiger partial charge is 0.453 e. The van der Waals surface area contributed by atoms with E-state index < -0.39 is 18.5 Å². The minimum Gasteiger partial charge on any atom is -0.197 e. The van der Waals surface area contributed by atoms with Crippen molar-refractivity contribution in [1.82, 2.24) is 0 Å². The average molecular weight is 273 g/mol. The van der Waals surface area contributed by atoms with E-state index in [1.54, 1.807) is 0 Å². The zero-order valence-corrected chi connectivity index (χ0v) is 9.77. The highest BCUT2D eigenvalue weighted by Gasteiger charge is 2.56. The van der Waals surface area contributed by atoms with E-state index in [4.69, 9.17) is 11.6 Å². The lowest BCUT2D eigenvalue weighted by molar-refractivity contribution is -0.284. The van der Waals surface area contributed by atoms with Crippen LogP contribution in [0.3, 0.4) is 0 Å². The van der Waals surface area contributed by atoms with Gasteiger partial charge in [0, 0.05) is 12.3 Å². The van der Waals surface area contributed by atoms with E-state index in [9.17, 15) is 22.0 Å². The Balaban J connectivity index is 0. The minimum atomic E-state index is -5.42. The van der Waals surface area contributed by atoms with Gasteiger partial charge < -0.3 is 0 Å². The fourth-order valence-corrected chi connectivity index (χ4v) is 1.13. The van der Waals surface area contributed by atoms with Crippen LogP contribution in [-0.4, -0.2) is 18.0 Å². The monoisotopic (exact) mass is 272 g/mol. The smallest absolute Gasteiger partial charge is 0.197 e. The summed E-state index contributed by atoms with van der Waals surface area (Å²) in [5.74, 6) is -4.14. The molecular formula is C8H14ClF5S. The lowest BCUT2D eigenvalue weighted by Gasteiger charge is -2.19. The molecule has 0 unspecified atom stereocenters. The molecule has 0 nitrogen and oxygen atoms in total. The summed E-state index contributed by atoms with van der Waals surface area (Å²) < 4.78 is 59.5. The van der Waals surface area contributed by atoms with Crippen molar-refractivity contribution >= 4 is 25.1 Å². The van der Waals surface area contributed by atoms with Gasteiger partial charge in [0.2, 0.25) is 0 Å². The summed E-state index contributed by atoms with van der Waals surface area (Å²) in [6.07, 6.45) is -5.06. The van der Waals surface area contributed by atoms with Crippen LogP contribution in [0.15, 0.2) is 0 Å². The Morgan fingerprint density at radius 3 is 1.67 bits per heavy atom. The molecule has 94 valence electrons. The maximum absolute atomic E-state index is 12.3. The minimum absolute atomic E-state index is 0. The van der Waals surface area contributed by atoms with Gasteiger partial charge in [0.1, 0.15) is 0 Å². The standard InChI is InChI=1S/C8H12ClF5.H2S/c9-6-4-2-1-3-5-7(10,11)8(12,13)14;/h1-6H2;1H2. The van der Waals surface area contributed by atoms with Crippen molar-refractivity contribution in [2.75, 3.05) is 5.88 Å². The SMILES string of the molecule is FC(F)(F)C(F)(F)CCCCCCCl.S. The molecule has 0 radical (unpaired) electrons. The first-order valence-corrected chi connectivity index (χ1v) is 4.85. The van der Waals surface area contributed by atoms with Crippen LogP contribution in [0.4, 0.5) is 22.0 Å². The molecule has 0 aromatic rings. The van der Waals surface area contributed by atoms with Gasteiger partial charge in [0.05, 0.1) is 0 Å². The Hall–Kier alpha value is 0.290. The van der Waals surface area contributed by atoms with Crippen LogP contribution in [0.5, 0.6) is 0 Å². The summed E-state index contributed by atoms with van der Waals surface area (Å²) in [4.78, 5) is 0. The molecule has 0 spiro atoms. The maximum atomic E-state index is 12.3. The lowest BCUT2D eigenvalue weighted by atomic mass is 10.1. The second-order valence-corrected chi connectivity index (χ2v) is 3.43. The zero-order chi connectivity index (χ0) is 11.2. The van der Waals surface area contributed by atoms with Crippen molar-refractivity contribution in [2.45, 2.75) is 44.2 Å². The number of rotatable bonds is 6. The summed E-state index contributed by atoms with van der Waals surface area (Å²) in [7, 11) is 0. The molecule has 0 atom stereocenters. The van der Waals surface area contributed by atoms with Gasteiger partial charge in [-0.2, -0.15) is 35.4 Å². The van der Waals surface area contributed by atoms with Crippen LogP contribution >= 0.6 is 25.1 Å². The number of unbranched alkanes of at least 4 members (excludes halogenated alkanes) is 3. The summed E-state index contributed by atoms with van der Waals surface area (Å²) >= 11 is 5.31. The molecule has 0 saturated heterocycles. The van der Waals surface area contributed by atoms with Crippen molar-refractivity contribution in [3.8, 4) is 0 Å². The molecule has 0 bridgehead atoms. The van der Waals surface area contributed by atoms with Gasteiger partial charge >= 0.3 is 12.1 Å². The molecule has 0 aliphatic rings. The molecule has 0 aromatic carbocycles. The predicted octanol–water partition coefficient (Wildman–Crippen LogP) is 4.49. The molecule has 0 heterocycles. The molecule has 0 amide bonds. The van der Waals surface area contributed by atoms with Crippen LogP contribution < -0.4 is 0 Å². The zero-order valence-electron chi connectivity index (χ0n) is 8.01. The predicted molar refractivity (Wildman–Crippen MR) is 55.2 cm³/mol. The summed E-state index contributed by atoms with van der Waals surface area (Å²) in [6, 6.07) is 0. The van der Waals surface area contributed by atoms with E-state index in [1.165, 1.54) is 0 Å². The van der Waals surface area contributed by atoms with Gasteiger partial charge in [-0.1, -0.05) is 12.8 Å². The highest BCUT2D eigenvalue weighted by Crippen LogP contribution is 2.39. The van der Waals surface area contributed by atoms with Gasteiger partial charge in [-0.15, -0.1) is 11.6 Å². The van der Waals surface area contributed by atoms with E-state index in [1.807, 2.05) is 0 Å². The number of hydrogen-bond donors (Lipinski definition) is 0. The van der Waals surface area contributed by atoms with Gasteiger partial charge in [-0.05, 0) is 12.8 Å². The van der Waals surface area contributed by atoms with E-state index in [-0.39, 0.29) is 19.9 Å². The fourth-order valence-electron chi connectivity index (χ4n) is 0.937. The van der Waals surface area contributed by atoms with E-state index in [0.717, 1.165) is 0 Å². The Labute approximate surface area is 97.6 Å². The summed E-state index contributed by atoms with van der Waals surface area (Å²) in [5, 5.41) is 0. The van der Waals surface area contributed by atoms with Crippen LogP contribution in [0.1, 0.15) is 32.1 Å². The van der Waals surface area contributed by atoms with Gasteiger partial charge in [0.15, 0.2) is 0 Å². The Kier molecular flexibility index (Phi) is 8.89. The van der Waals surface area contributed by atoms with E-state index in [2.05, 4.69) is 0 Å².